The van der Waals surface area contributed by atoms with E-state index in [1.807, 2.05) is 13.8 Å². The van der Waals surface area contributed by atoms with Gasteiger partial charge in [0.25, 0.3) is 0 Å². The lowest BCUT2D eigenvalue weighted by molar-refractivity contribution is -0.124. The van der Waals surface area contributed by atoms with Crippen LogP contribution in [0.5, 0.6) is 0 Å². The van der Waals surface area contributed by atoms with Gasteiger partial charge in [-0.3, -0.25) is 4.79 Å². The molecule has 2 unspecified atom stereocenters. The van der Waals surface area contributed by atoms with Crippen LogP contribution in [-0.2, 0) is 4.79 Å². The van der Waals surface area contributed by atoms with Crippen molar-refractivity contribution in [2.75, 3.05) is 0 Å². The zero-order valence-corrected chi connectivity index (χ0v) is 11.5. The molecule has 0 bridgehead atoms. The molecule has 0 saturated carbocycles. The van der Waals surface area contributed by atoms with Gasteiger partial charge in [0.05, 0.1) is 0 Å². The van der Waals surface area contributed by atoms with E-state index in [1.54, 1.807) is 0 Å². The maximum Gasteiger partial charge on any atom is 0.220 e. The monoisotopic (exact) mass is 228 g/mol. The Labute approximate surface area is 100 Å². The Kier molecular flexibility index (Phi) is 6.65. The van der Waals surface area contributed by atoms with Gasteiger partial charge in [-0.1, -0.05) is 33.6 Å². The van der Waals surface area contributed by atoms with Crippen LogP contribution in [0, 0.1) is 5.41 Å². The number of hydrogen-bond acceptors (Lipinski definition) is 2. The molecule has 0 aromatic heterocycles. The van der Waals surface area contributed by atoms with Crippen molar-refractivity contribution in [3.05, 3.63) is 0 Å². The van der Waals surface area contributed by atoms with Crippen molar-refractivity contribution in [3.63, 3.8) is 0 Å². The highest BCUT2D eigenvalue weighted by Gasteiger charge is 2.24. The van der Waals surface area contributed by atoms with Crippen LogP contribution in [0.2, 0.25) is 0 Å². The minimum atomic E-state index is 0.137. The summed E-state index contributed by atoms with van der Waals surface area (Å²) in [5.74, 6) is 0.152. The average molecular weight is 228 g/mol. The van der Waals surface area contributed by atoms with Crippen molar-refractivity contribution in [2.24, 2.45) is 11.1 Å². The highest BCUT2D eigenvalue weighted by Crippen LogP contribution is 2.29. The molecule has 0 aromatic carbocycles. The Balaban J connectivity index is 4.07. The molecule has 0 aliphatic heterocycles. The molecule has 2 atom stereocenters. The van der Waals surface area contributed by atoms with E-state index in [0.29, 0.717) is 6.42 Å². The first-order valence-electron chi connectivity index (χ1n) is 6.38. The van der Waals surface area contributed by atoms with Crippen LogP contribution in [-0.4, -0.2) is 18.0 Å². The maximum atomic E-state index is 11.8. The van der Waals surface area contributed by atoms with E-state index in [0.717, 1.165) is 19.3 Å². The third kappa shape index (κ3) is 6.11. The summed E-state index contributed by atoms with van der Waals surface area (Å²) in [5.41, 5.74) is 5.83. The Morgan fingerprint density at radius 2 is 1.81 bits per heavy atom. The molecule has 0 fully saturated rings. The average Bonchev–Trinajstić information content (AvgIpc) is 2.15. The molecule has 0 radical (unpaired) electrons. The summed E-state index contributed by atoms with van der Waals surface area (Å²) in [6.45, 7) is 10.4. The molecule has 0 heterocycles. The third-order valence-corrected chi connectivity index (χ3v) is 3.43. The van der Waals surface area contributed by atoms with Crippen LogP contribution in [0.4, 0.5) is 0 Å². The van der Waals surface area contributed by atoms with E-state index < -0.39 is 0 Å². The first-order chi connectivity index (χ1) is 7.33. The predicted octanol–water partition coefficient (Wildman–Crippen LogP) is 2.44. The zero-order valence-electron chi connectivity index (χ0n) is 11.5. The van der Waals surface area contributed by atoms with E-state index >= 15 is 0 Å². The molecule has 0 aliphatic rings. The molecule has 3 nitrogen and oxygen atoms in total. The van der Waals surface area contributed by atoms with E-state index in [1.165, 1.54) is 0 Å². The number of nitrogens with one attached hydrogen (secondary N) is 1. The largest absolute Gasteiger partial charge is 0.354 e. The molecular weight excluding hydrogens is 200 g/mol. The van der Waals surface area contributed by atoms with E-state index in [9.17, 15) is 4.79 Å². The van der Waals surface area contributed by atoms with Crippen molar-refractivity contribution in [3.8, 4) is 0 Å². The first-order valence-corrected chi connectivity index (χ1v) is 6.38. The minimum Gasteiger partial charge on any atom is -0.354 e. The topological polar surface area (TPSA) is 55.1 Å². The summed E-state index contributed by atoms with van der Waals surface area (Å²) in [7, 11) is 0. The Morgan fingerprint density at radius 3 is 2.19 bits per heavy atom. The van der Waals surface area contributed by atoms with Crippen LogP contribution in [0.15, 0.2) is 0 Å². The van der Waals surface area contributed by atoms with Crippen LogP contribution in [0.3, 0.4) is 0 Å². The van der Waals surface area contributed by atoms with Gasteiger partial charge in [-0.25, -0.2) is 0 Å². The molecule has 3 N–H and O–H groups in total. The van der Waals surface area contributed by atoms with Gasteiger partial charge in [0.1, 0.15) is 0 Å². The van der Waals surface area contributed by atoms with Crippen molar-refractivity contribution >= 4 is 5.91 Å². The number of carbonyl (C=O) groups is 1. The third-order valence-electron chi connectivity index (χ3n) is 3.43. The fraction of sp³-hybridized carbons (Fsp3) is 0.923. The SMILES string of the molecule is CCC(C)(CC)CC(=O)NC(C)CC(C)N. The molecule has 0 aliphatic carbocycles. The van der Waals surface area contributed by atoms with Crippen molar-refractivity contribution < 1.29 is 4.79 Å². The van der Waals surface area contributed by atoms with Crippen LogP contribution in [0.25, 0.3) is 0 Å². The summed E-state index contributed by atoms with van der Waals surface area (Å²) >= 11 is 0. The molecule has 16 heavy (non-hydrogen) atoms. The number of amides is 1. The van der Waals surface area contributed by atoms with E-state index in [-0.39, 0.29) is 23.4 Å². The van der Waals surface area contributed by atoms with Gasteiger partial charge in [0.2, 0.25) is 5.91 Å². The van der Waals surface area contributed by atoms with E-state index in [2.05, 4.69) is 26.1 Å². The summed E-state index contributed by atoms with van der Waals surface area (Å²) in [6.07, 6.45) is 3.53. The van der Waals surface area contributed by atoms with E-state index in [4.69, 9.17) is 5.73 Å². The second kappa shape index (κ2) is 6.89. The molecule has 0 saturated heterocycles. The van der Waals surface area contributed by atoms with Gasteiger partial charge in [-0.2, -0.15) is 0 Å². The van der Waals surface area contributed by atoms with Gasteiger partial charge in [0.15, 0.2) is 0 Å². The lowest BCUT2D eigenvalue weighted by atomic mass is 9.81. The first kappa shape index (κ1) is 15.4. The second-order valence-electron chi connectivity index (χ2n) is 5.38. The molecule has 1 amide bonds. The normalized spacial score (nSPS) is 15.6. The maximum absolute atomic E-state index is 11.8. The molecule has 0 rings (SSSR count). The number of hydrogen-bond donors (Lipinski definition) is 2. The van der Waals surface area contributed by atoms with Gasteiger partial charge in [-0.05, 0) is 25.7 Å². The van der Waals surface area contributed by atoms with Gasteiger partial charge in [-0.15, -0.1) is 0 Å². The fourth-order valence-corrected chi connectivity index (χ4v) is 1.83. The lowest BCUT2D eigenvalue weighted by Crippen LogP contribution is -2.38. The predicted molar refractivity (Wildman–Crippen MR) is 69.2 cm³/mol. The Bertz CT molecular complexity index is 210. The van der Waals surface area contributed by atoms with Gasteiger partial charge >= 0.3 is 0 Å². The second-order valence-corrected chi connectivity index (χ2v) is 5.38. The molecule has 96 valence electrons. The lowest BCUT2D eigenvalue weighted by Gasteiger charge is -2.27. The van der Waals surface area contributed by atoms with Crippen molar-refractivity contribution in [1.82, 2.24) is 5.32 Å². The van der Waals surface area contributed by atoms with Gasteiger partial charge in [0, 0.05) is 18.5 Å². The highest BCUT2D eigenvalue weighted by atomic mass is 16.1. The number of rotatable bonds is 7. The van der Waals surface area contributed by atoms with Crippen LogP contribution >= 0.6 is 0 Å². The highest BCUT2D eigenvalue weighted by molar-refractivity contribution is 5.76. The zero-order chi connectivity index (χ0) is 12.8. The Morgan fingerprint density at radius 1 is 1.31 bits per heavy atom. The van der Waals surface area contributed by atoms with Crippen molar-refractivity contribution in [2.45, 2.75) is 72.4 Å². The summed E-state index contributed by atoms with van der Waals surface area (Å²) < 4.78 is 0. The molecule has 0 aromatic rings. The summed E-state index contributed by atoms with van der Waals surface area (Å²) in [4.78, 5) is 11.8. The fourth-order valence-electron chi connectivity index (χ4n) is 1.83. The molecular formula is C13H28N2O. The molecule has 0 spiro atoms. The summed E-state index contributed by atoms with van der Waals surface area (Å²) in [6, 6.07) is 0.310. The summed E-state index contributed by atoms with van der Waals surface area (Å²) in [5, 5.41) is 3.02. The molecule has 3 heteroatoms. The number of carbonyl (C=O) groups excluding carboxylic acids is 1. The van der Waals surface area contributed by atoms with Crippen molar-refractivity contribution in [1.29, 1.82) is 0 Å². The van der Waals surface area contributed by atoms with Crippen LogP contribution < -0.4 is 11.1 Å². The quantitative estimate of drug-likeness (QED) is 0.703. The van der Waals surface area contributed by atoms with Gasteiger partial charge < -0.3 is 11.1 Å². The van der Waals surface area contributed by atoms with Crippen LogP contribution in [0.1, 0.15) is 60.3 Å². The standard InChI is InChI=1S/C13H28N2O/c1-6-13(5,7-2)9-12(16)15-11(4)8-10(3)14/h10-11H,6-9,14H2,1-5H3,(H,15,16). The minimum absolute atomic E-state index is 0.137. The smallest absolute Gasteiger partial charge is 0.220 e. The number of nitrogens with two attached hydrogens (primary N) is 1. The Hall–Kier alpha value is -0.570.